The third-order valence-corrected chi connectivity index (χ3v) is 5.06. The number of hydrogen-bond acceptors (Lipinski definition) is 4. The lowest BCUT2D eigenvalue weighted by Gasteiger charge is -2.42. The summed E-state index contributed by atoms with van der Waals surface area (Å²) in [7, 11) is 0. The SMILES string of the molecule is CC(C)(C[CH]C(=O)N(Cc1ccccc1)C1(C#N)CCNCC1)C(N)=O. The van der Waals surface area contributed by atoms with E-state index in [0.717, 1.165) is 5.56 Å². The van der Waals surface area contributed by atoms with E-state index in [9.17, 15) is 14.9 Å². The maximum Gasteiger partial charge on any atom is 0.228 e. The first-order valence-corrected chi connectivity index (χ1v) is 8.91. The quantitative estimate of drug-likeness (QED) is 0.778. The van der Waals surface area contributed by atoms with E-state index in [2.05, 4.69) is 11.4 Å². The van der Waals surface area contributed by atoms with Gasteiger partial charge in [-0.2, -0.15) is 5.26 Å². The molecule has 0 saturated carbocycles. The van der Waals surface area contributed by atoms with Gasteiger partial charge in [-0.3, -0.25) is 9.59 Å². The van der Waals surface area contributed by atoms with Crippen LogP contribution in [0.3, 0.4) is 0 Å². The molecule has 139 valence electrons. The van der Waals surface area contributed by atoms with Gasteiger partial charge in [0.05, 0.1) is 12.5 Å². The van der Waals surface area contributed by atoms with Gasteiger partial charge < -0.3 is 16.0 Å². The van der Waals surface area contributed by atoms with Gasteiger partial charge in [-0.1, -0.05) is 44.2 Å². The van der Waals surface area contributed by atoms with Crippen LogP contribution in [0, 0.1) is 23.2 Å². The topological polar surface area (TPSA) is 99.2 Å². The number of primary amides is 1. The molecule has 1 heterocycles. The molecule has 3 N–H and O–H groups in total. The van der Waals surface area contributed by atoms with E-state index in [4.69, 9.17) is 5.73 Å². The monoisotopic (exact) mass is 355 g/mol. The average Bonchev–Trinajstić information content (AvgIpc) is 2.65. The van der Waals surface area contributed by atoms with E-state index in [1.165, 1.54) is 6.42 Å². The van der Waals surface area contributed by atoms with Crippen molar-refractivity contribution in [3.05, 3.63) is 42.3 Å². The molecule has 1 aromatic carbocycles. The molecule has 1 fully saturated rings. The Morgan fingerprint density at radius 1 is 1.31 bits per heavy atom. The molecule has 26 heavy (non-hydrogen) atoms. The zero-order chi connectivity index (χ0) is 19.2. The number of benzene rings is 1. The van der Waals surface area contributed by atoms with Crippen molar-refractivity contribution in [3.63, 3.8) is 0 Å². The summed E-state index contributed by atoms with van der Waals surface area (Å²) in [6.45, 7) is 5.18. The summed E-state index contributed by atoms with van der Waals surface area (Å²) in [6, 6.07) is 12.0. The standard InChI is InChI=1S/C20H27N4O2/c1-19(2,18(22)26)9-8-17(25)24(14-16-6-4-3-5-7-16)20(15-21)10-12-23-13-11-20/h3-8,23H,9-14H2,1-2H3,(H2,22,26). The predicted molar refractivity (Wildman–Crippen MR) is 99.3 cm³/mol. The summed E-state index contributed by atoms with van der Waals surface area (Å²) in [5.41, 5.74) is 4.73. The Labute approximate surface area is 155 Å². The van der Waals surface area contributed by atoms with Gasteiger partial charge in [0, 0.05) is 12.0 Å². The fourth-order valence-electron chi connectivity index (χ4n) is 3.04. The molecule has 6 heteroatoms. The van der Waals surface area contributed by atoms with Crippen LogP contribution >= 0.6 is 0 Å². The average molecular weight is 355 g/mol. The molecule has 0 aliphatic carbocycles. The number of nitriles is 1. The molecule has 0 atom stereocenters. The fourth-order valence-corrected chi connectivity index (χ4v) is 3.04. The molecule has 1 saturated heterocycles. The minimum Gasteiger partial charge on any atom is -0.369 e. The van der Waals surface area contributed by atoms with Gasteiger partial charge in [-0.05, 0) is 37.9 Å². The van der Waals surface area contributed by atoms with Gasteiger partial charge in [0.25, 0.3) is 0 Å². The van der Waals surface area contributed by atoms with E-state index in [0.29, 0.717) is 32.5 Å². The van der Waals surface area contributed by atoms with E-state index >= 15 is 0 Å². The van der Waals surface area contributed by atoms with E-state index in [1.54, 1.807) is 18.7 Å². The van der Waals surface area contributed by atoms with Gasteiger partial charge in [-0.15, -0.1) is 0 Å². The van der Waals surface area contributed by atoms with Crippen LogP contribution in [-0.2, 0) is 16.1 Å². The highest BCUT2D eigenvalue weighted by Gasteiger charge is 2.41. The molecule has 0 aromatic heterocycles. The number of carbonyl (C=O) groups excluding carboxylic acids is 2. The lowest BCUT2D eigenvalue weighted by molar-refractivity contribution is -0.134. The Morgan fingerprint density at radius 2 is 1.92 bits per heavy atom. The normalized spacial score (nSPS) is 16.5. The third kappa shape index (κ3) is 4.61. The largest absolute Gasteiger partial charge is 0.369 e. The molecule has 1 aliphatic heterocycles. The van der Waals surface area contributed by atoms with Crippen molar-refractivity contribution in [1.82, 2.24) is 10.2 Å². The van der Waals surface area contributed by atoms with Crippen LogP contribution in [0.4, 0.5) is 0 Å². The van der Waals surface area contributed by atoms with Gasteiger partial charge in [0.15, 0.2) is 0 Å². The van der Waals surface area contributed by atoms with E-state index in [1.807, 2.05) is 30.3 Å². The molecule has 1 aliphatic rings. The molecule has 0 bridgehead atoms. The zero-order valence-electron chi connectivity index (χ0n) is 15.5. The number of piperidine rings is 1. The Hall–Kier alpha value is -2.39. The van der Waals surface area contributed by atoms with Crippen LogP contribution < -0.4 is 11.1 Å². The van der Waals surface area contributed by atoms with Gasteiger partial charge in [-0.25, -0.2) is 0 Å². The number of rotatable bonds is 7. The summed E-state index contributed by atoms with van der Waals surface area (Å²) in [6.07, 6.45) is 2.89. The van der Waals surface area contributed by atoms with Crippen molar-refractivity contribution >= 4 is 11.8 Å². The Morgan fingerprint density at radius 3 is 2.46 bits per heavy atom. The highest BCUT2D eigenvalue weighted by atomic mass is 16.2. The van der Waals surface area contributed by atoms with Crippen molar-refractivity contribution in [1.29, 1.82) is 5.26 Å². The van der Waals surface area contributed by atoms with Crippen molar-refractivity contribution in [2.24, 2.45) is 11.1 Å². The van der Waals surface area contributed by atoms with E-state index < -0.39 is 16.9 Å². The van der Waals surface area contributed by atoms with Crippen LogP contribution in [0.15, 0.2) is 30.3 Å². The lowest BCUT2D eigenvalue weighted by atomic mass is 9.84. The van der Waals surface area contributed by atoms with Crippen molar-refractivity contribution < 1.29 is 9.59 Å². The Bertz CT molecular complexity index is 673. The highest BCUT2D eigenvalue weighted by Crippen LogP contribution is 2.30. The zero-order valence-corrected chi connectivity index (χ0v) is 15.5. The first-order valence-electron chi connectivity index (χ1n) is 8.91. The summed E-state index contributed by atoms with van der Waals surface area (Å²) in [5, 5.41) is 13.1. The number of nitrogens with zero attached hydrogens (tertiary/aromatic N) is 2. The molecule has 1 radical (unpaired) electrons. The molecular weight excluding hydrogens is 328 g/mol. The second kappa shape index (κ2) is 8.33. The minimum absolute atomic E-state index is 0.230. The molecule has 1 aromatic rings. The molecule has 6 nitrogen and oxygen atoms in total. The van der Waals surface area contributed by atoms with Crippen LogP contribution in [0.25, 0.3) is 0 Å². The van der Waals surface area contributed by atoms with Gasteiger partial charge in [0.2, 0.25) is 11.8 Å². The fraction of sp³-hybridized carbons (Fsp3) is 0.500. The minimum atomic E-state index is -0.842. The van der Waals surface area contributed by atoms with Gasteiger partial charge in [0.1, 0.15) is 5.54 Å². The van der Waals surface area contributed by atoms with Crippen molar-refractivity contribution in [2.45, 2.75) is 45.2 Å². The number of carbonyl (C=O) groups is 2. The molecule has 0 unspecified atom stereocenters. The van der Waals surface area contributed by atoms with Crippen molar-refractivity contribution in [3.8, 4) is 6.07 Å². The summed E-state index contributed by atoms with van der Waals surface area (Å²) in [5.74, 6) is -0.681. The first-order chi connectivity index (χ1) is 12.3. The van der Waals surface area contributed by atoms with Crippen LogP contribution in [-0.4, -0.2) is 35.3 Å². The van der Waals surface area contributed by atoms with Crippen LogP contribution in [0.1, 0.15) is 38.7 Å². The van der Waals surface area contributed by atoms with Crippen LogP contribution in [0.5, 0.6) is 0 Å². The molecular formula is C20H27N4O2. The first kappa shape index (κ1) is 19.9. The predicted octanol–water partition coefficient (Wildman–Crippen LogP) is 1.77. The second-order valence-corrected chi connectivity index (χ2v) is 7.46. The summed E-state index contributed by atoms with van der Waals surface area (Å²) < 4.78 is 0. The smallest absolute Gasteiger partial charge is 0.228 e. The van der Waals surface area contributed by atoms with Crippen molar-refractivity contribution in [2.75, 3.05) is 13.1 Å². The summed E-state index contributed by atoms with van der Waals surface area (Å²) >= 11 is 0. The van der Waals surface area contributed by atoms with E-state index in [-0.39, 0.29) is 12.3 Å². The summed E-state index contributed by atoms with van der Waals surface area (Å²) in [4.78, 5) is 26.2. The number of amides is 2. The highest BCUT2D eigenvalue weighted by molar-refractivity contribution is 5.88. The molecule has 2 rings (SSSR count). The third-order valence-electron chi connectivity index (χ3n) is 5.06. The Balaban J connectivity index is 2.23. The number of nitrogens with one attached hydrogen (secondary N) is 1. The maximum atomic E-state index is 13.0. The molecule has 0 spiro atoms. The van der Waals surface area contributed by atoms with Crippen LogP contribution in [0.2, 0.25) is 0 Å². The number of nitrogens with two attached hydrogens (primary N) is 1. The Kier molecular flexibility index (Phi) is 6.38. The number of hydrogen-bond donors (Lipinski definition) is 2. The van der Waals surface area contributed by atoms with Gasteiger partial charge >= 0.3 is 0 Å². The maximum absolute atomic E-state index is 13.0. The molecule has 2 amide bonds. The lowest BCUT2D eigenvalue weighted by Crippen LogP contribution is -2.56. The second-order valence-electron chi connectivity index (χ2n) is 7.46.